The summed E-state index contributed by atoms with van der Waals surface area (Å²) in [5.41, 5.74) is 0. The van der Waals surface area contributed by atoms with Gasteiger partial charge in [0.15, 0.2) is 0 Å². The van der Waals surface area contributed by atoms with Crippen molar-refractivity contribution in [1.82, 2.24) is 0 Å². The molecule has 0 aromatic rings. The monoisotopic (exact) mass is 344 g/mol. The third kappa shape index (κ3) is 1150. The summed E-state index contributed by atoms with van der Waals surface area (Å²) in [5, 5.41) is 0. The number of rotatable bonds is 0. The van der Waals surface area contributed by atoms with E-state index in [1.165, 1.54) is 0 Å². The minimum Gasteiger partial charge on any atom is -0.325 e. The van der Waals surface area contributed by atoms with E-state index in [4.69, 9.17) is 29.4 Å². The van der Waals surface area contributed by atoms with E-state index in [-0.39, 0.29) is 17.1 Å². The van der Waals surface area contributed by atoms with Crippen molar-refractivity contribution < 1.29 is 46.4 Å². The Morgan fingerprint density at radius 1 is 0.600 bits per heavy atom. The van der Waals surface area contributed by atoms with Crippen molar-refractivity contribution in [2.45, 2.75) is 27.7 Å². The molecule has 0 radical (unpaired) electrons. The quantitative estimate of drug-likeness (QED) is 0.276. The summed E-state index contributed by atoms with van der Waals surface area (Å²) >= 11 is 7.21. The molecule has 0 aliphatic heterocycles. The van der Waals surface area contributed by atoms with E-state index >= 15 is 0 Å². The van der Waals surface area contributed by atoms with E-state index < -0.39 is 13.4 Å². The summed E-state index contributed by atoms with van der Waals surface area (Å²) < 4.78 is 0. The first-order valence-corrected chi connectivity index (χ1v) is 8.89. The van der Waals surface area contributed by atoms with Crippen LogP contribution in [0, 0.1) is 0 Å². The van der Waals surface area contributed by atoms with Crippen LogP contribution < -0.4 is 0 Å². The van der Waals surface area contributed by atoms with Gasteiger partial charge in [0.2, 0.25) is 0 Å². The van der Waals surface area contributed by atoms with Crippen molar-refractivity contribution in [2.75, 3.05) is 0 Å². The smallest absolute Gasteiger partial charge is 0.319 e. The van der Waals surface area contributed by atoms with Crippen molar-refractivity contribution in [3.8, 4) is 0 Å². The van der Waals surface area contributed by atoms with E-state index in [0.29, 0.717) is 0 Å². The summed E-state index contributed by atoms with van der Waals surface area (Å²) in [6, 6.07) is 0. The average Bonchev–Trinajstić information content (AvgIpc) is 1.88. The fourth-order valence-corrected chi connectivity index (χ4v) is 0. The van der Waals surface area contributed by atoms with Crippen molar-refractivity contribution in [2.24, 2.45) is 0 Å². The van der Waals surface area contributed by atoms with Crippen LogP contribution in [0.3, 0.4) is 0 Å². The number of hydrogen-bond donors (Lipinski definition) is 6. The van der Waals surface area contributed by atoms with Crippen LogP contribution in [-0.4, -0.2) is 29.4 Å². The molecule has 0 aromatic carbocycles. The first kappa shape index (κ1) is 30.0. The molecule has 0 bridgehead atoms. The van der Waals surface area contributed by atoms with E-state index in [2.05, 4.69) is 23.6 Å². The second-order valence-electron chi connectivity index (χ2n) is 1.03. The van der Waals surface area contributed by atoms with Crippen molar-refractivity contribution >= 4 is 37.1 Å². The first-order chi connectivity index (χ1) is 6.00. The van der Waals surface area contributed by atoms with Crippen molar-refractivity contribution in [1.29, 1.82) is 0 Å². The van der Waals surface area contributed by atoms with Crippen LogP contribution >= 0.6 is 13.4 Å². The molecule has 0 aliphatic rings. The topological polar surface area (TPSA) is 121 Å². The van der Waals surface area contributed by atoms with Crippen LogP contribution in [0.25, 0.3) is 0 Å². The van der Waals surface area contributed by atoms with Gasteiger partial charge in [0.1, 0.15) is 0 Å². The molecular formula is C4H18FeO6P2S2. The largest absolute Gasteiger partial charge is 0.325 e. The van der Waals surface area contributed by atoms with Gasteiger partial charge in [-0.2, -0.15) is 0 Å². The van der Waals surface area contributed by atoms with Gasteiger partial charge >= 0.3 is 13.4 Å². The summed E-state index contributed by atoms with van der Waals surface area (Å²) in [6.07, 6.45) is 0. The van der Waals surface area contributed by atoms with Gasteiger partial charge in [-0.15, -0.1) is 0 Å². The molecule has 100 valence electrons. The molecule has 0 spiro atoms. The normalized spacial score (nSPS) is 8.67. The third-order valence-electron chi connectivity index (χ3n) is 0. The van der Waals surface area contributed by atoms with Crippen LogP contribution in [0.1, 0.15) is 27.7 Å². The van der Waals surface area contributed by atoms with Gasteiger partial charge < -0.3 is 29.4 Å². The SMILES string of the molecule is CC.CC.OP(O)(O)=S.OP(O)(O)=S.[Fe]. The molecular weight excluding hydrogens is 326 g/mol. The van der Waals surface area contributed by atoms with Gasteiger partial charge in [-0.3, -0.25) is 0 Å². The van der Waals surface area contributed by atoms with E-state index in [1.807, 2.05) is 27.7 Å². The second kappa shape index (κ2) is 18.0. The Kier molecular flexibility index (Phi) is 35.9. The Morgan fingerprint density at radius 3 is 0.600 bits per heavy atom. The summed E-state index contributed by atoms with van der Waals surface area (Å²) in [7, 11) is 0. The molecule has 15 heavy (non-hydrogen) atoms. The van der Waals surface area contributed by atoms with Gasteiger partial charge in [0, 0.05) is 17.1 Å². The Bertz CT molecular complexity index is 143. The van der Waals surface area contributed by atoms with Crippen molar-refractivity contribution in [3.63, 3.8) is 0 Å². The predicted octanol–water partition coefficient (Wildman–Crippen LogP) is 0.425. The van der Waals surface area contributed by atoms with Gasteiger partial charge in [-0.25, -0.2) is 0 Å². The molecule has 0 rings (SSSR count). The average molecular weight is 344 g/mol. The maximum atomic E-state index is 7.56. The standard InChI is InChI=1S/2C2H6.Fe.2H3O3PS/c2*1-2;;2*1-4(2,3)5/h2*1-2H3;;2*(H3,1,2,3,5). The molecule has 0 amide bonds. The Balaban J connectivity index is -0.0000000318. The molecule has 11 heteroatoms. The Morgan fingerprint density at radius 2 is 0.600 bits per heavy atom. The van der Waals surface area contributed by atoms with E-state index in [9.17, 15) is 0 Å². The zero-order chi connectivity index (χ0) is 13.0. The fraction of sp³-hybridized carbons (Fsp3) is 1.00. The molecule has 6 N–H and O–H groups in total. The maximum Gasteiger partial charge on any atom is 0.319 e. The summed E-state index contributed by atoms with van der Waals surface area (Å²) in [6.45, 7) is 0.389. The van der Waals surface area contributed by atoms with Crippen molar-refractivity contribution in [3.05, 3.63) is 0 Å². The summed E-state index contributed by atoms with van der Waals surface area (Å²) in [4.78, 5) is 45.3. The second-order valence-corrected chi connectivity index (χ2v) is 6.02. The fourth-order valence-electron chi connectivity index (χ4n) is 0. The molecule has 0 atom stereocenters. The maximum absolute atomic E-state index is 7.56. The Labute approximate surface area is 111 Å². The Hall–Kier alpha value is 1.58. The van der Waals surface area contributed by atoms with Crippen LogP contribution in [0.2, 0.25) is 0 Å². The van der Waals surface area contributed by atoms with Crippen LogP contribution in [-0.2, 0) is 40.7 Å². The van der Waals surface area contributed by atoms with Crippen LogP contribution in [0.15, 0.2) is 0 Å². The zero-order valence-electron chi connectivity index (χ0n) is 8.75. The molecule has 6 nitrogen and oxygen atoms in total. The predicted molar refractivity (Wildman–Crippen MR) is 64.6 cm³/mol. The first-order valence-electron chi connectivity index (χ1n) is 3.57. The molecule has 0 unspecified atom stereocenters. The molecule has 0 aromatic heterocycles. The zero-order valence-corrected chi connectivity index (χ0v) is 13.3. The summed E-state index contributed by atoms with van der Waals surface area (Å²) in [5.74, 6) is 0. The third-order valence-corrected chi connectivity index (χ3v) is 0. The van der Waals surface area contributed by atoms with Gasteiger partial charge in [-0.05, 0) is 23.6 Å². The van der Waals surface area contributed by atoms with Crippen LogP contribution in [0.5, 0.6) is 0 Å². The molecule has 0 heterocycles. The minimum atomic E-state index is -3.81. The molecule has 0 saturated heterocycles. The van der Waals surface area contributed by atoms with Crippen LogP contribution in [0.4, 0.5) is 0 Å². The molecule has 0 fully saturated rings. The van der Waals surface area contributed by atoms with Gasteiger partial charge in [0.25, 0.3) is 0 Å². The van der Waals surface area contributed by atoms with E-state index in [1.54, 1.807) is 0 Å². The molecule has 0 saturated carbocycles. The molecule has 0 aliphatic carbocycles. The van der Waals surface area contributed by atoms with Gasteiger partial charge in [0.05, 0.1) is 0 Å². The van der Waals surface area contributed by atoms with E-state index in [0.717, 1.165) is 0 Å². The minimum absolute atomic E-state index is 0. The van der Waals surface area contributed by atoms with Gasteiger partial charge in [-0.1, -0.05) is 27.7 Å². The number of hydrogen-bond acceptors (Lipinski definition) is 2.